The first-order valence-electron chi connectivity index (χ1n) is 6.34. The summed E-state index contributed by atoms with van der Waals surface area (Å²) in [5.41, 5.74) is 7.07. The van der Waals surface area contributed by atoms with Crippen molar-refractivity contribution in [2.45, 2.75) is 25.4 Å². The SMILES string of the molecule is COc1cccc(-c2cc(N)on2)c1OC1CCC1. The maximum atomic E-state index is 6.02. The summed E-state index contributed by atoms with van der Waals surface area (Å²) in [5, 5.41) is 3.94. The third-order valence-electron chi connectivity index (χ3n) is 3.34. The Hall–Kier alpha value is -2.17. The number of hydrogen-bond donors (Lipinski definition) is 1. The summed E-state index contributed by atoms with van der Waals surface area (Å²) in [6.45, 7) is 0. The smallest absolute Gasteiger partial charge is 0.222 e. The van der Waals surface area contributed by atoms with Crippen molar-refractivity contribution in [3.8, 4) is 22.8 Å². The highest BCUT2D eigenvalue weighted by atomic mass is 16.5. The van der Waals surface area contributed by atoms with Gasteiger partial charge in [-0.05, 0) is 31.4 Å². The lowest BCUT2D eigenvalue weighted by Gasteiger charge is -2.28. The first kappa shape index (κ1) is 11.9. The van der Waals surface area contributed by atoms with Crippen LogP contribution in [-0.2, 0) is 0 Å². The van der Waals surface area contributed by atoms with Gasteiger partial charge in [-0.2, -0.15) is 0 Å². The third-order valence-corrected chi connectivity index (χ3v) is 3.34. The molecule has 2 N–H and O–H groups in total. The highest BCUT2D eigenvalue weighted by Crippen LogP contribution is 2.40. The second-order valence-corrected chi connectivity index (χ2v) is 4.62. The molecule has 1 aromatic carbocycles. The highest BCUT2D eigenvalue weighted by molar-refractivity contribution is 5.72. The van der Waals surface area contributed by atoms with Crippen LogP contribution in [0.3, 0.4) is 0 Å². The molecule has 1 saturated carbocycles. The molecule has 3 rings (SSSR count). The summed E-state index contributed by atoms with van der Waals surface area (Å²) in [7, 11) is 1.63. The van der Waals surface area contributed by atoms with Gasteiger partial charge in [0.25, 0.3) is 0 Å². The summed E-state index contributed by atoms with van der Waals surface area (Å²) < 4.78 is 16.3. The first-order chi connectivity index (χ1) is 9.28. The molecule has 5 nitrogen and oxygen atoms in total. The second kappa shape index (κ2) is 4.84. The molecule has 1 aliphatic carbocycles. The molecule has 1 fully saturated rings. The fourth-order valence-electron chi connectivity index (χ4n) is 2.07. The van der Waals surface area contributed by atoms with Crippen molar-refractivity contribution in [3.63, 3.8) is 0 Å². The predicted octanol–water partition coefficient (Wildman–Crippen LogP) is 2.86. The zero-order valence-corrected chi connectivity index (χ0v) is 10.8. The Morgan fingerprint density at radius 2 is 2.21 bits per heavy atom. The van der Waals surface area contributed by atoms with Crippen molar-refractivity contribution in [1.29, 1.82) is 0 Å². The molecule has 0 spiro atoms. The van der Waals surface area contributed by atoms with Crippen LogP contribution in [-0.4, -0.2) is 18.4 Å². The van der Waals surface area contributed by atoms with Gasteiger partial charge in [-0.1, -0.05) is 11.2 Å². The Morgan fingerprint density at radius 1 is 1.37 bits per heavy atom. The monoisotopic (exact) mass is 260 g/mol. The van der Waals surface area contributed by atoms with Gasteiger partial charge in [-0.3, -0.25) is 0 Å². The van der Waals surface area contributed by atoms with E-state index in [1.54, 1.807) is 13.2 Å². The van der Waals surface area contributed by atoms with Crippen LogP contribution in [0.25, 0.3) is 11.3 Å². The number of nitrogens with two attached hydrogens (primary N) is 1. The van der Waals surface area contributed by atoms with Crippen molar-refractivity contribution >= 4 is 5.88 Å². The zero-order valence-electron chi connectivity index (χ0n) is 10.8. The van der Waals surface area contributed by atoms with Crippen LogP contribution in [0.4, 0.5) is 5.88 Å². The van der Waals surface area contributed by atoms with Crippen molar-refractivity contribution in [3.05, 3.63) is 24.3 Å². The van der Waals surface area contributed by atoms with Crippen molar-refractivity contribution < 1.29 is 14.0 Å². The van der Waals surface area contributed by atoms with Crippen LogP contribution in [0.2, 0.25) is 0 Å². The van der Waals surface area contributed by atoms with Gasteiger partial charge in [-0.15, -0.1) is 0 Å². The lowest BCUT2D eigenvalue weighted by molar-refractivity contribution is 0.116. The number of rotatable bonds is 4. The third kappa shape index (κ3) is 2.23. The van der Waals surface area contributed by atoms with Crippen LogP contribution in [0.1, 0.15) is 19.3 Å². The first-order valence-corrected chi connectivity index (χ1v) is 6.34. The van der Waals surface area contributed by atoms with Crippen molar-refractivity contribution in [2.75, 3.05) is 12.8 Å². The lowest BCUT2D eigenvalue weighted by Crippen LogP contribution is -2.25. The fourth-order valence-corrected chi connectivity index (χ4v) is 2.07. The number of benzene rings is 1. The Balaban J connectivity index is 2.01. The van der Waals surface area contributed by atoms with E-state index in [1.807, 2.05) is 18.2 Å². The van der Waals surface area contributed by atoms with Crippen LogP contribution in [0.5, 0.6) is 11.5 Å². The molecular weight excluding hydrogens is 244 g/mol. The van der Waals surface area contributed by atoms with Gasteiger partial charge in [-0.25, -0.2) is 0 Å². The number of methoxy groups -OCH3 is 1. The van der Waals surface area contributed by atoms with E-state index in [1.165, 1.54) is 6.42 Å². The number of nitrogens with zero attached hydrogens (tertiary/aromatic N) is 1. The maximum absolute atomic E-state index is 6.02. The molecule has 1 aromatic heterocycles. The normalized spacial score (nSPS) is 15.0. The second-order valence-electron chi connectivity index (χ2n) is 4.62. The predicted molar refractivity (Wildman–Crippen MR) is 71.2 cm³/mol. The van der Waals surface area contributed by atoms with Crippen LogP contribution >= 0.6 is 0 Å². The summed E-state index contributed by atoms with van der Waals surface area (Å²) in [4.78, 5) is 0. The molecule has 0 saturated heterocycles. The van der Waals surface area contributed by atoms with Gasteiger partial charge < -0.3 is 19.7 Å². The van der Waals surface area contributed by atoms with Crippen LogP contribution in [0, 0.1) is 0 Å². The molecule has 2 aromatic rings. The zero-order chi connectivity index (χ0) is 13.2. The van der Waals surface area contributed by atoms with Crippen molar-refractivity contribution in [1.82, 2.24) is 5.16 Å². The summed E-state index contributed by atoms with van der Waals surface area (Å²) >= 11 is 0. The number of anilines is 1. The summed E-state index contributed by atoms with van der Waals surface area (Å²) in [5.74, 6) is 1.70. The van der Waals surface area contributed by atoms with E-state index in [2.05, 4.69) is 5.16 Å². The van der Waals surface area contributed by atoms with E-state index in [4.69, 9.17) is 19.7 Å². The van der Waals surface area contributed by atoms with Crippen LogP contribution in [0.15, 0.2) is 28.8 Å². The minimum absolute atomic E-state index is 0.263. The quantitative estimate of drug-likeness (QED) is 0.915. The molecule has 1 aliphatic rings. The molecule has 19 heavy (non-hydrogen) atoms. The Labute approximate surface area is 111 Å². The van der Waals surface area contributed by atoms with Gasteiger partial charge >= 0.3 is 0 Å². The molecular formula is C14H16N2O3. The summed E-state index contributed by atoms with van der Waals surface area (Å²) in [6, 6.07) is 7.38. The van der Waals surface area contributed by atoms with Gasteiger partial charge in [0.1, 0.15) is 5.69 Å². The molecule has 0 radical (unpaired) electrons. The molecule has 0 unspecified atom stereocenters. The van der Waals surface area contributed by atoms with E-state index in [9.17, 15) is 0 Å². The average molecular weight is 260 g/mol. The highest BCUT2D eigenvalue weighted by Gasteiger charge is 2.23. The minimum Gasteiger partial charge on any atom is -0.493 e. The van der Waals surface area contributed by atoms with E-state index < -0.39 is 0 Å². The van der Waals surface area contributed by atoms with Crippen molar-refractivity contribution in [2.24, 2.45) is 0 Å². The van der Waals surface area contributed by atoms with E-state index in [-0.39, 0.29) is 12.0 Å². The molecule has 0 amide bonds. The van der Waals surface area contributed by atoms with Gasteiger partial charge in [0.15, 0.2) is 11.5 Å². The molecule has 100 valence electrons. The number of hydrogen-bond acceptors (Lipinski definition) is 5. The molecule has 1 heterocycles. The Kier molecular flexibility index (Phi) is 3.03. The van der Waals surface area contributed by atoms with Crippen LogP contribution < -0.4 is 15.2 Å². The molecule has 0 aliphatic heterocycles. The summed E-state index contributed by atoms with van der Waals surface area (Å²) in [6.07, 6.45) is 3.64. The number of aromatic nitrogens is 1. The standard InChI is InChI=1S/C14H16N2O3/c1-17-12-7-3-6-10(11-8-13(15)19-16-11)14(12)18-9-4-2-5-9/h3,6-9H,2,4-5,15H2,1H3. The number of para-hydroxylation sites is 1. The molecule has 5 heteroatoms. The Morgan fingerprint density at radius 3 is 2.79 bits per heavy atom. The molecule has 0 atom stereocenters. The van der Waals surface area contributed by atoms with E-state index >= 15 is 0 Å². The van der Waals surface area contributed by atoms with E-state index in [0.717, 1.165) is 18.4 Å². The minimum atomic E-state index is 0.263. The van der Waals surface area contributed by atoms with E-state index in [0.29, 0.717) is 17.2 Å². The van der Waals surface area contributed by atoms with Gasteiger partial charge in [0, 0.05) is 11.6 Å². The largest absolute Gasteiger partial charge is 0.493 e. The number of ether oxygens (including phenoxy) is 2. The molecule has 0 bridgehead atoms. The van der Waals surface area contributed by atoms with Gasteiger partial charge in [0.2, 0.25) is 5.88 Å². The topological polar surface area (TPSA) is 70.5 Å². The maximum Gasteiger partial charge on any atom is 0.222 e. The lowest BCUT2D eigenvalue weighted by atomic mass is 9.96. The fraction of sp³-hybridized carbons (Fsp3) is 0.357. The van der Waals surface area contributed by atoms with Gasteiger partial charge in [0.05, 0.1) is 13.2 Å². The Bertz CT molecular complexity index is 576. The average Bonchev–Trinajstić information content (AvgIpc) is 2.80. The number of nitrogen functional groups attached to an aromatic ring is 1.